The standard InChI is InChI=1S/C31H36ClN3O5/c1-3-21-6-4-7-24(18-21)28-25(8-5-9-26(28)32)29(40-16-14-34-31(37)38)27-20-35(15-17-39-27)30(36)23-12-10-22(11-13-23)19-33-2/h4-13,18,27,29,33-34H,3,14-17,19-20H2,1-2H3,(H,37,38)/t27-,29+/m1/s1. The van der Waals surface area contributed by atoms with Crippen molar-refractivity contribution < 1.29 is 24.2 Å². The van der Waals surface area contributed by atoms with E-state index in [1.807, 2.05) is 61.6 Å². The second-order valence-electron chi connectivity index (χ2n) is 9.67. The molecule has 1 aliphatic heterocycles. The maximum atomic E-state index is 13.4. The molecule has 2 amide bonds. The highest BCUT2D eigenvalue weighted by Gasteiger charge is 2.34. The molecule has 8 nitrogen and oxygen atoms in total. The molecule has 0 saturated carbocycles. The van der Waals surface area contributed by atoms with Crippen LogP contribution in [-0.4, -0.2) is 68.0 Å². The zero-order valence-corrected chi connectivity index (χ0v) is 23.6. The molecule has 212 valence electrons. The maximum Gasteiger partial charge on any atom is 0.404 e. The SMILES string of the molecule is CCc1cccc(-c2c(Cl)cccc2[C@H](OCCNC(=O)O)[C@H]2CN(C(=O)c3ccc(CNC)cc3)CCO2)c1. The molecule has 40 heavy (non-hydrogen) atoms. The molecule has 3 aromatic carbocycles. The summed E-state index contributed by atoms with van der Waals surface area (Å²) in [4.78, 5) is 26.2. The van der Waals surface area contributed by atoms with Crippen molar-refractivity contribution in [1.29, 1.82) is 0 Å². The van der Waals surface area contributed by atoms with Crippen LogP contribution < -0.4 is 10.6 Å². The minimum atomic E-state index is -1.12. The van der Waals surface area contributed by atoms with Crippen LogP contribution in [-0.2, 0) is 22.4 Å². The number of amides is 2. The quantitative estimate of drug-likeness (QED) is 0.278. The van der Waals surface area contributed by atoms with Gasteiger partial charge >= 0.3 is 6.09 Å². The molecule has 0 aromatic heterocycles. The summed E-state index contributed by atoms with van der Waals surface area (Å²) < 4.78 is 12.5. The van der Waals surface area contributed by atoms with E-state index in [1.165, 1.54) is 5.56 Å². The lowest BCUT2D eigenvalue weighted by Crippen LogP contribution is -2.48. The van der Waals surface area contributed by atoms with Gasteiger partial charge in [-0.25, -0.2) is 4.79 Å². The molecular weight excluding hydrogens is 530 g/mol. The Labute approximate surface area is 240 Å². The van der Waals surface area contributed by atoms with Crippen molar-refractivity contribution in [1.82, 2.24) is 15.5 Å². The largest absolute Gasteiger partial charge is 0.465 e. The number of ether oxygens (including phenoxy) is 2. The Balaban J connectivity index is 1.64. The van der Waals surface area contributed by atoms with Gasteiger partial charge in [-0.3, -0.25) is 4.79 Å². The van der Waals surface area contributed by atoms with Gasteiger partial charge in [0, 0.05) is 35.8 Å². The van der Waals surface area contributed by atoms with Crippen LogP contribution in [0.3, 0.4) is 0 Å². The number of carbonyl (C=O) groups excluding carboxylic acids is 1. The maximum absolute atomic E-state index is 13.4. The molecule has 9 heteroatoms. The topological polar surface area (TPSA) is 100 Å². The predicted octanol–water partition coefficient (Wildman–Crippen LogP) is 5.16. The minimum Gasteiger partial charge on any atom is -0.465 e. The number of hydrogen-bond donors (Lipinski definition) is 3. The van der Waals surface area contributed by atoms with E-state index in [0.717, 1.165) is 35.2 Å². The molecule has 0 aliphatic carbocycles. The van der Waals surface area contributed by atoms with E-state index in [9.17, 15) is 9.59 Å². The van der Waals surface area contributed by atoms with Crippen molar-refractivity contribution in [3.8, 4) is 11.1 Å². The van der Waals surface area contributed by atoms with Crippen LogP contribution in [0, 0.1) is 0 Å². The molecule has 1 fully saturated rings. The van der Waals surface area contributed by atoms with E-state index >= 15 is 0 Å². The number of nitrogens with one attached hydrogen (secondary N) is 2. The predicted molar refractivity (Wildman–Crippen MR) is 156 cm³/mol. The van der Waals surface area contributed by atoms with E-state index in [0.29, 0.717) is 30.3 Å². The second-order valence-corrected chi connectivity index (χ2v) is 10.1. The molecule has 0 radical (unpaired) electrons. The van der Waals surface area contributed by atoms with Crippen molar-refractivity contribution in [2.75, 3.05) is 39.9 Å². The fourth-order valence-electron chi connectivity index (χ4n) is 4.97. The zero-order valence-electron chi connectivity index (χ0n) is 22.9. The molecule has 1 aliphatic rings. The first-order chi connectivity index (χ1) is 19.4. The van der Waals surface area contributed by atoms with Crippen molar-refractivity contribution >= 4 is 23.6 Å². The van der Waals surface area contributed by atoms with Gasteiger partial charge < -0.3 is 30.1 Å². The van der Waals surface area contributed by atoms with Gasteiger partial charge in [0.15, 0.2) is 0 Å². The molecule has 4 rings (SSSR count). The van der Waals surface area contributed by atoms with Gasteiger partial charge in [-0.1, -0.05) is 67.1 Å². The average molecular weight is 566 g/mol. The Morgan fingerprint density at radius 3 is 2.62 bits per heavy atom. The number of rotatable bonds is 11. The van der Waals surface area contributed by atoms with Crippen LogP contribution in [0.25, 0.3) is 11.1 Å². The molecule has 0 spiro atoms. The minimum absolute atomic E-state index is 0.0717. The summed E-state index contributed by atoms with van der Waals surface area (Å²) in [5.41, 5.74) is 5.52. The van der Waals surface area contributed by atoms with E-state index in [-0.39, 0.29) is 19.1 Å². The van der Waals surface area contributed by atoms with Crippen LogP contribution in [0.2, 0.25) is 5.02 Å². The van der Waals surface area contributed by atoms with E-state index in [4.69, 9.17) is 26.2 Å². The number of hydrogen-bond acceptors (Lipinski definition) is 5. The summed E-state index contributed by atoms with van der Waals surface area (Å²) in [6.45, 7) is 4.19. The second kappa shape index (κ2) is 14.3. The van der Waals surface area contributed by atoms with Crippen LogP contribution in [0.1, 0.15) is 40.1 Å². The van der Waals surface area contributed by atoms with E-state index in [2.05, 4.69) is 29.7 Å². The number of morpholine rings is 1. The lowest BCUT2D eigenvalue weighted by molar-refractivity contribution is -0.106. The van der Waals surface area contributed by atoms with E-state index < -0.39 is 18.3 Å². The van der Waals surface area contributed by atoms with Crippen molar-refractivity contribution in [2.24, 2.45) is 0 Å². The molecule has 1 saturated heterocycles. The first-order valence-electron chi connectivity index (χ1n) is 13.5. The molecule has 1 heterocycles. The molecule has 3 N–H and O–H groups in total. The summed E-state index contributed by atoms with van der Waals surface area (Å²) in [6, 6.07) is 21.5. The third kappa shape index (κ3) is 7.40. The fourth-order valence-corrected chi connectivity index (χ4v) is 5.26. The van der Waals surface area contributed by atoms with Gasteiger partial charge in [-0.15, -0.1) is 0 Å². The van der Waals surface area contributed by atoms with E-state index in [1.54, 1.807) is 4.90 Å². The number of benzene rings is 3. The summed E-state index contributed by atoms with van der Waals surface area (Å²) in [5, 5.41) is 15.1. The van der Waals surface area contributed by atoms with Crippen LogP contribution in [0.15, 0.2) is 66.7 Å². The monoisotopic (exact) mass is 565 g/mol. The molecule has 0 unspecified atom stereocenters. The molecule has 0 bridgehead atoms. The number of carboxylic acid groups (broad SMARTS) is 1. The molecular formula is C31H36ClN3O5. The first kappa shape index (κ1) is 29.6. The van der Waals surface area contributed by atoms with Crippen molar-refractivity contribution in [3.63, 3.8) is 0 Å². The summed E-state index contributed by atoms with van der Waals surface area (Å²) >= 11 is 6.78. The van der Waals surface area contributed by atoms with Crippen LogP contribution in [0.5, 0.6) is 0 Å². The number of halogens is 1. The first-order valence-corrected chi connectivity index (χ1v) is 13.9. The smallest absolute Gasteiger partial charge is 0.404 e. The number of nitrogens with zero attached hydrogens (tertiary/aromatic N) is 1. The lowest BCUT2D eigenvalue weighted by atomic mass is 9.92. The highest BCUT2D eigenvalue weighted by atomic mass is 35.5. The highest BCUT2D eigenvalue weighted by molar-refractivity contribution is 6.33. The summed E-state index contributed by atoms with van der Waals surface area (Å²) in [6.07, 6.45) is -1.32. The fraction of sp³-hybridized carbons (Fsp3) is 0.355. The van der Waals surface area contributed by atoms with Gasteiger partial charge in [-0.2, -0.15) is 0 Å². The van der Waals surface area contributed by atoms with Gasteiger partial charge in [0.2, 0.25) is 0 Å². The van der Waals surface area contributed by atoms with Crippen molar-refractivity contribution in [2.45, 2.75) is 32.1 Å². The lowest BCUT2D eigenvalue weighted by Gasteiger charge is -2.38. The summed E-state index contributed by atoms with van der Waals surface area (Å²) in [5.74, 6) is -0.0717. The normalized spacial score (nSPS) is 16.0. The third-order valence-electron chi connectivity index (χ3n) is 6.95. The number of aryl methyl sites for hydroxylation is 1. The Hall–Kier alpha value is -3.43. The van der Waals surface area contributed by atoms with Crippen LogP contribution in [0.4, 0.5) is 4.79 Å². The molecule has 2 atom stereocenters. The highest BCUT2D eigenvalue weighted by Crippen LogP contribution is 2.39. The van der Waals surface area contributed by atoms with Gasteiger partial charge in [0.05, 0.1) is 19.8 Å². The van der Waals surface area contributed by atoms with Crippen LogP contribution >= 0.6 is 11.6 Å². The van der Waals surface area contributed by atoms with Gasteiger partial charge in [0.25, 0.3) is 5.91 Å². The third-order valence-corrected chi connectivity index (χ3v) is 7.27. The number of carbonyl (C=O) groups is 2. The Bertz CT molecular complexity index is 1300. The van der Waals surface area contributed by atoms with Crippen molar-refractivity contribution in [3.05, 3.63) is 94.0 Å². The Kier molecular flexibility index (Phi) is 10.5. The van der Waals surface area contributed by atoms with Gasteiger partial charge in [0.1, 0.15) is 12.2 Å². The Morgan fingerprint density at radius 1 is 1.12 bits per heavy atom. The van der Waals surface area contributed by atoms with Gasteiger partial charge in [-0.05, 0) is 53.9 Å². The summed E-state index contributed by atoms with van der Waals surface area (Å²) in [7, 11) is 1.88. The zero-order chi connectivity index (χ0) is 28.5. The molecule has 3 aromatic rings. The Morgan fingerprint density at radius 2 is 1.90 bits per heavy atom. The average Bonchev–Trinajstić information content (AvgIpc) is 2.97.